The number of piperazine rings is 1. The number of aliphatic hydroxyl groups is 1. The van der Waals surface area contributed by atoms with E-state index in [0.717, 1.165) is 58.9 Å². The monoisotopic (exact) mass is 488 g/mol. The third-order valence-electron chi connectivity index (χ3n) is 7.26. The van der Waals surface area contributed by atoms with E-state index in [9.17, 15) is 14.7 Å². The summed E-state index contributed by atoms with van der Waals surface area (Å²) in [6.45, 7) is 5.22. The highest BCUT2D eigenvalue weighted by Gasteiger charge is 2.50. The number of benzene rings is 3. The van der Waals surface area contributed by atoms with Crippen LogP contribution in [0.2, 0.25) is 0 Å². The van der Waals surface area contributed by atoms with Crippen molar-refractivity contribution in [3.8, 4) is 5.75 Å². The first-order valence-electron chi connectivity index (χ1n) is 12.3. The second-order valence-corrected chi connectivity index (χ2v) is 9.61. The van der Waals surface area contributed by atoms with Crippen LogP contribution in [0.4, 0.5) is 10.5 Å². The minimum atomic E-state index is -1.18. The SMILES string of the molecule is COc1ccccc1N1CCN(CC(O)CN2C(=O)NC(C)(c3cccc4ccccc34)C2=O)CC1. The lowest BCUT2D eigenvalue weighted by molar-refractivity contribution is -0.132. The van der Waals surface area contributed by atoms with Crippen LogP contribution >= 0.6 is 0 Å². The van der Waals surface area contributed by atoms with Gasteiger partial charge in [0.1, 0.15) is 11.3 Å². The molecule has 5 rings (SSSR count). The highest BCUT2D eigenvalue weighted by Crippen LogP contribution is 2.34. The third kappa shape index (κ3) is 4.38. The van der Waals surface area contributed by atoms with E-state index in [2.05, 4.69) is 15.1 Å². The largest absolute Gasteiger partial charge is 0.495 e. The number of aliphatic hydroxyl groups excluding tert-OH is 1. The summed E-state index contributed by atoms with van der Waals surface area (Å²) in [4.78, 5) is 31.9. The summed E-state index contributed by atoms with van der Waals surface area (Å²) in [5.74, 6) is 0.502. The summed E-state index contributed by atoms with van der Waals surface area (Å²) in [5.41, 5.74) is 0.633. The van der Waals surface area contributed by atoms with Gasteiger partial charge in [-0.15, -0.1) is 0 Å². The summed E-state index contributed by atoms with van der Waals surface area (Å²) in [5, 5.41) is 15.6. The summed E-state index contributed by atoms with van der Waals surface area (Å²) < 4.78 is 5.49. The van der Waals surface area contributed by atoms with E-state index in [-0.39, 0.29) is 12.5 Å². The zero-order valence-corrected chi connectivity index (χ0v) is 20.7. The molecule has 188 valence electrons. The number of methoxy groups -OCH3 is 1. The number of fused-ring (bicyclic) bond motifs is 1. The van der Waals surface area contributed by atoms with Gasteiger partial charge in [0, 0.05) is 32.7 Å². The van der Waals surface area contributed by atoms with Gasteiger partial charge >= 0.3 is 6.03 Å². The Morgan fingerprint density at radius 1 is 0.944 bits per heavy atom. The Bertz CT molecular complexity index is 1270. The number of ether oxygens (including phenoxy) is 1. The minimum absolute atomic E-state index is 0.0439. The number of β-amino-alcohol motifs (C(OH)–C–C–N with tert-alkyl or cyclic N) is 1. The van der Waals surface area contributed by atoms with Crippen LogP contribution in [-0.4, -0.2) is 79.3 Å². The van der Waals surface area contributed by atoms with Crippen molar-refractivity contribution in [1.29, 1.82) is 0 Å². The van der Waals surface area contributed by atoms with Crippen LogP contribution in [0.3, 0.4) is 0 Å². The fourth-order valence-corrected chi connectivity index (χ4v) is 5.34. The van der Waals surface area contributed by atoms with E-state index in [1.54, 1.807) is 14.0 Å². The van der Waals surface area contributed by atoms with Gasteiger partial charge in [0.05, 0.1) is 25.4 Å². The van der Waals surface area contributed by atoms with Crippen LogP contribution in [0, 0.1) is 0 Å². The first kappa shape index (κ1) is 24.1. The molecule has 2 aliphatic heterocycles. The van der Waals surface area contributed by atoms with Gasteiger partial charge in [-0.1, -0.05) is 54.6 Å². The second kappa shape index (κ2) is 9.79. The molecule has 0 saturated carbocycles. The van der Waals surface area contributed by atoms with Gasteiger partial charge < -0.3 is 20.1 Å². The molecule has 8 nitrogen and oxygen atoms in total. The Hall–Kier alpha value is -3.62. The zero-order chi connectivity index (χ0) is 25.3. The molecule has 2 unspecified atom stereocenters. The third-order valence-corrected chi connectivity index (χ3v) is 7.26. The van der Waals surface area contributed by atoms with Gasteiger partial charge in [0.15, 0.2) is 0 Å². The molecule has 3 aromatic rings. The Morgan fingerprint density at radius 2 is 1.64 bits per heavy atom. The number of hydrogen-bond acceptors (Lipinski definition) is 6. The number of rotatable bonds is 7. The van der Waals surface area contributed by atoms with Crippen LogP contribution in [-0.2, 0) is 10.3 Å². The lowest BCUT2D eigenvalue weighted by Gasteiger charge is -2.37. The maximum Gasteiger partial charge on any atom is 0.325 e. The molecule has 0 bridgehead atoms. The van der Waals surface area contributed by atoms with Crippen LogP contribution in [0.1, 0.15) is 12.5 Å². The minimum Gasteiger partial charge on any atom is -0.495 e. The highest BCUT2D eigenvalue weighted by molar-refractivity contribution is 6.09. The number of carbonyl (C=O) groups excluding carboxylic acids is 2. The summed E-state index contributed by atoms with van der Waals surface area (Å²) in [7, 11) is 1.67. The van der Waals surface area contributed by atoms with Crippen molar-refractivity contribution < 1.29 is 19.4 Å². The van der Waals surface area contributed by atoms with Crippen LogP contribution in [0.25, 0.3) is 10.8 Å². The maximum absolute atomic E-state index is 13.5. The second-order valence-electron chi connectivity index (χ2n) is 9.61. The molecule has 2 saturated heterocycles. The predicted molar refractivity (Wildman–Crippen MR) is 139 cm³/mol. The first-order chi connectivity index (χ1) is 17.4. The number of amides is 3. The van der Waals surface area contributed by atoms with Crippen LogP contribution in [0.15, 0.2) is 66.7 Å². The summed E-state index contributed by atoms with van der Waals surface area (Å²) in [6.07, 6.45) is -0.840. The molecular weight excluding hydrogens is 456 g/mol. The van der Waals surface area contributed by atoms with E-state index >= 15 is 0 Å². The van der Waals surface area contributed by atoms with Gasteiger partial charge in [0.25, 0.3) is 5.91 Å². The van der Waals surface area contributed by atoms with Gasteiger partial charge in [-0.25, -0.2) is 4.79 Å². The Balaban J connectivity index is 1.22. The normalized spacial score (nSPS) is 21.6. The molecule has 2 aliphatic rings. The number of imide groups is 1. The molecule has 0 spiro atoms. The van der Waals surface area contributed by atoms with Crippen molar-refractivity contribution in [1.82, 2.24) is 15.1 Å². The Kier molecular flexibility index (Phi) is 6.55. The number of para-hydroxylation sites is 2. The molecule has 3 aromatic carbocycles. The molecule has 2 N–H and O–H groups in total. The van der Waals surface area contributed by atoms with Gasteiger partial charge in [-0.3, -0.25) is 14.6 Å². The van der Waals surface area contributed by atoms with Crippen molar-refractivity contribution in [2.24, 2.45) is 0 Å². The van der Waals surface area contributed by atoms with E-state index in [1.807, 2.05) is 66.7 Å². The molecule has 36 heavy (non-hydrogen) atoms. The quantitative estimate of drug-likeness (QED) is 0.498. The van der Waals surface area contributed by atoms with E-state index in [1.165, 1.54) is 0 Å². The van der Waals surface area contributed by atoms with Crippen molar-refractivity contribution >= 4 is 28.4 Å². The number of anilines is 1. The Labute approximate surface area is 211 Å². The Morgan fingerprint density at radius 3 is 2.42 bits per heavy atom. The molecule has 0 radical (unpaired) electrons. The van der Waals surface area contributed by atoms with Crippen molar-refractivity contribution in [2.45, 2.75) is 18.6 Å². The van der Waals surface area contributed by atoms with Gasteiger partial charge in [-0.2, -0.15) is 0 Å². The van der Waals surface area contributed by atoms with Crippen molar-refractivity contribution in [3.05, 3.63) is 72.3 Å². The standard InChI is InChI=1S/C28H32N4O4/c1-28(23-11-7-9-20-8-3-4-10-22(20)23)26(34)32(27(35)29-28)19-21(33)18-30-14-16-31(17-15-30)24-12-5-6-13-25(24)36-2/h3-13,21,33H,14-19H2,1-2H3,(H,29,35). The zero-order valence-electron chi connectivity index (χ0n) is 20.7. The van der Waals surface area contributed by atoms with E-state index < -0.39 is 17.7 Å². The van der Waals surface area contributed by atoms with Crippen molar-refractivity contribution in [2.75, 3.05) is 51.3 Å². The summed E-state index contributed by atoms with van der Waals surface area (Å²) >= 11 is 0. The summed E-state index contributed by atoms with van der Waals surface area (Å²) in [6, 6.07) is 21.0. The van der Waals surface area contributed by atoms with Gasteiger partial charge in [0.2, 0.25) is 0 Å². The topological polar surface area (TPSA) is 85.3 Å². The molecule has 2 fully saturated rings. The fourth-order valence-electron chi connectivity index (χ4n) is 5.34. The molecule has 3 amide bonds. The molecule has 0 aromatic heterocycles. The average Bonchev–Trinajstić information content (AvgIpc) is 3.12. The lowest BCUT2D eigenvalue weighted by Crippen LogP contribution is -2.50. The molecule has 2 heterocycles. The van der Waals surface area contributed by atoms with Crippen LogP contribution < -0.4 is 15.0 Å². The van der Waals surface area contributed by atoms with Crippen LogP contribution in [0.5, 0.6) is 5.75 Å². The number of urea groups is 1. The fraction of sp³-hybridized carbons (Fsp3) is 0.357. The molecule has 0 aliphatic carbocycles. The van der Waals surface area contributed by atoms with Gasteiger partial charge in [-0.05, 0) is 35.4 Å². The highest BCUT2D eigenvalue weighted by atomic mass is 16.5. The first-order valence-corrected chi connectivity index (χ1v) is 12.3. The lowest BCUT2D eigenvalue weighted by atomic mass is 9.88. The number of hydrogen-bond donors (Lipinski definition) is 2. The average molecular weight is 489 g/mol. The van der Waals surface area contributed by atoms with E-state index in [0.29, 0.717) is 6.54 Å². The number of nitrogens with one attached hydrogen (secondary N) is 1. The predicted octanol–water partition coefficient (Wildman–Crippen LogP) is 2.80. The van der Waals surface area contributed by atoms with Crippen molar-refractivity contribution in [3.63, 3.8) is 0 Å². The van der Waals surface area contributed by atoms with E-state index in [4.69, 9.17) is 4.74 Å². The smallest absolute Gasteiger partial charge is 0.325 e. The maximum atomic E-state index is 13.5. The molecular formula is C28H32N4O4. The number of carbonyl (C=O) groups is 2. The molecule has 8 heteroatoms. The molecule has 2 atom stereocenters. The number of nitrogens with zero attached hydrogens (tertiary/aromatic N) is 3.